The highest BCUT2D eigenvalue weighted by Gasteiger charge is 2.39. The van der Waals surface area contributed by atoms with E-state index in [9.17, 15) is 9.18 Å². The minimum Gasteiger partial charge on any atom is -0.363 e. The van der Waals surface area contributed by atoms with Gasteiger partial charge < -0.3 is 4.90 Å². The van der Waals surface area contributed by atoms with E-state index < -0.39 is 0 Å². The highest BCUT2D eigenvalue weighted by Crippen LogP contribution is 2.43. The number of halogens is 3. The summed E-state index contributed by atoms with van der Waals surface area (Å²) in [5.41, 5.74) is 0.838. The summed E-state index contributed by atoms with van der Waals surface area (Å²) in [6, 6.07) is 3.19. The molecule has 2 aliphatic heterocycles. The van der Waals surface area contributed by atoms with Gasteiger partial charge in [-0.05, 0) is 47.3 Å². The maximum atomic E-state index is 13.3. The van der Waals surface area contributed by atoms with Gasteiger partial charge in [-0.1, -0.05) is 11.6 Å². The van der Waals surface area contributed by atoms with Crippen molar-refractivity contribution in [3.05, 3.63) is 27.4 Å². The van der Waals surface area contributed by atoms with Crippen LogP contribution in [0.5, 0.6) is 0 Å². The number of hydrogen-bond donors (Lipinski definition) is 0. The van der Waals surface area contributed by atoms with Crippen LogP contribution < -0.4 is 4.90 Å². The first-order chi connectivity index (χ1) is 9.06. The number of hydrogen-bond acceptors (Lipinski definition) is 2. The second-order valence-corrected chi connectivity index (χ2v) is 6.57. The number of piperidine rings is 2. The van der Waals surface area contributed by atoms with Crippen LogP contribution in [0.2, 0.25) is 5.02 Å². The van der Waals surface area contributed by atoms with Crippen LogP contribution >= 0.6 is 27.5 Å². The van der Waals surface area contributed by atoms with Crippen LogP contribution in [-0.2, 0) is 4.79 Å². The van der Waals surface area contributed by atoms with Crippen molar-refractivity contribution in [2.24, 2.45) is 0 Å². The van der Waals surface area contributed by atoms with Gasteiger partial charge in [-0.2, -0.15) is 0 Å². The van der Waals surface area contributed by atoms with E-state index in [0.717, 1.165) is 24.9 Å². The molecule has 0 radical (unpaired) electrons. The van der Waals surface area contributed by atoms with Gasteiger partial charge in [0, 0.05) is 29.4 Å². The lowest BCUT2D eigenvalue weighted by Gasteiger charge is -2.47. The Morgan fingerprint density at radius 2 is 1.89 bits per heavy atom. The Kier molecular flexibility index (Phi) is 3.56. The van der Waals surface area contributed by atoms with E-state index in [0.29, 0.717) is 28.1 Å². The van der Waals surface area contributed by atoms with Crippen LogP contribution in [0, 0.1) is 5.82 Å². The normalized spacial score (nSPS) is 26.7. The lowest BCUT2D eigenvalue weighted by atomic mass is 9.83. The molecule has 2 nitrogen and oxygen atoms in total. The van der Waals surface area contributed by atoms with E-state index in [1.165, 1.54) is 12.1 Å². The highest BCUT2D eigenvalue weighted by molar-refractivity contribution is 9.10. The molecular weight excluding hydrogens is 333 g/mol. The average Bonchev–Trinajstić information content (AvgIpc) is 2.28. The predicted molar refractivity (Wildman–Crippen MR) is 77.3 cm³/mol. The van der Waals surface area contributed by atoms with Crippen molar-refractivity contribution in [3.8, 4) is 0 Å². The fraction of sp³-hybridized carbons (Fsp3) is 0.500. The minimum absolute atomic E-state index is 0.208. The highest BCUT2D eigenvalue weighted by atomic mass is 79.9. The van der Waals surface area contributed by atoms with Gasteiger partial charge in [0.05, 0.1) is 10.7 Å². The van der Waals surface area contributed by atoms with Gasteiger partial charge in [0.25, 0.3) is 0 Å². The molecule has 3 rings (SSSR count). The van der Waals surface area contributed by atoms with Crippen LogP contribution in [0.4, 0.5) is 10.1 Å². The number of Topliss-reactive ketones (excluding diaryl/α,β-unsaturated/α-hetero) is 1. The maximum Gasteiger partial charge on any atom is 0.137 e. The Morgan fingerprint density at radius 1 is 1.26 bits per heavy atom. The quantitative estimate of drug-likeness (QED) is 0.754. The molecule has 0 spiro atoms. The number of benzene rings is 1. The molecule has 2 fully saturated rings. The van der Waals surface area contributed by atoms with Crippen molar-refractivity contribution >= 4 is 39.0 Å². The first kappa shape index (κ1) is 13.4. The minimum atomic E-state index is -0.348. The molecule has 19 heavy (non-hydrogen) atoms. The molecule has 2 atom stereocenters. The summed E-state index contributed by atoms with van der Waals surface area (Å²) in [5, 5.41) is 0.415. The van der Waals surface area contributed by atoms with Crippen molar-refractivity contribution in [1.82, 2.24) is 0 Å². The van der Waals surface area contributed by atoms with Gasteiger partial charge in [0.1, 0.15) is 11.6 Å². The summed E-state index contributed by atoms with van der Waals surface area (Å²) >= 11 is 9.63. The van der Waals surface area contributed by atoms with Crippen LogP contribution in [-0.4, -0.2) is 17.9 Å². The topological polar surface area (TPSA) is 20.3 Å². The van der Waals surface area contributed by atoms with Gasteiger partial charge in [0.2, 0.25) is 0 Å². The van der Waals surface area contributed by atoms with Gasteiger partial charge in [-0.3, -0.25) is 4.79 Å². The monoisotopic (exact) mass is 345 g/mol. The van der Waals surface area contributed by atoms with Crippen LogP contribution in [0.3, 0.4) is 0 Å². The predicted octanol–water partition coefficient (Wildman–Crippen LogP) is 4.33. The third-order valence-corrected chi connectivity index (χ3v) is 4.92. The summed E-state index contributed by atoms with van der Waals surface area (Å²) in [6.45, 7) is 0. The zero-order valence-corrected chi connectivity index (χ0v) is 12.7. The molecule has 0 saturated carbocycles. The number of carbonyl (C=O) groups excluding carboxylic acids is 1. The first-order valence-electron chi connectivity index (χ1n) is 6.51. The van der Waals surface area contributed by atoms with E-state index in [-0.39, 0.29) is 17.9 Å². The van der Waals surface area contributed by atoms with Crippen LogP contribution in [0.25, 0.3) is 0 Å². The van der Waals surface area contributed by atoms with Gasteiger partial charge in [-0.25, -0.2) is 4.39 Å². The second-order valence-electron chi connectivity index (χ2n) is 5.31. The fourth-order valence-corrected chi connectivity index (χ4v) is 4.38. The van der Waals surface area contributed by atoms with Gasteiger partial charge in [-0.15, -0.1) is 0 Å². The maximum absolute atomic E-state index is 13.3. The van der Waals surface area contributed by atoms with E-state index in [1.807, 2.05) is 0 Å². The molecular formula is C14H14BrClFNO. The van der Waals surface area contributed by atoms with E-state index in [2.05, 4.69) is 20.8 Å². The summed E-state index contributed by atoms with van der Waals surface area (Å²) in [4.78, 5) is 14.0. The first-order valence-corrected chi connectivity index (χ1v) is 7.68. The van der Waals surface area contributed by atoms with Crippen LogP contribution in [0.1, 0.15) is 32.1 Å². The SMILES string of the molecule is O=C1CC2CCCC(C1)N2c1c(Cl)cc(F)cc1Br. The van der Waals surface area contributed by atoms with Crippen LogP contribution in [0.15, 0.2) is 16.6 Å². The molecule has 5 heteroatoms. The Labute approximate surface area is 125 Å². The number of carbonyl (C=O) groups is 1. The van der Waals surface area contributed by atoms with Crippen molar-refractivity contribution in [2.75, 3.05) is 4.90 Å². The Morgan fingerprint density at radius 3 is 2.47 bits per heavy atom. The summed E-state index contributed by atoms with van der Waals surface area (Å²) in [5.74, 6) is -0.0147. The van der Waals surface area contributed by atoms with E-state index in [4.69, 9.17) is 11.6 Å². The van der Waals surface area contributed by atoms with Gasteiger partial charge in [0.15, 0.2) is 0 Å². The molecule has 1 aromatic carbocycles. The molecule has 102 valence electrons. The number of anilines is 1. The number of rotatable bonds is 1. The zero-order chi connectivity index (χ0) is 13.6. The molecule has 2 saturated heterocycles. The van der Waals surface area contributed by atoms with Gasteiger partial charge >= 0.3 is 0 Å². The van der Waals surface area contributed by atoms with Crippen molar-refractivity contribution in [3.63, 3.8) is 0 Å². The smallest absolute Gasteiger partial charge is 0.137 e. The van der Waals surface area contributed by atoms with Crippen molar-refractivity contribution in [2.45, 2.75) is 44.2 Å². The van der Waals surface area contributed by atoms with E-state index in [1.54, 1.807) is 0 Å². The molecule has 1 aromatic rings. The average molecular weight is 347 g/mol. The van der Waals surface area contributed by atoms with Crippen molar-refractivity contribution in [1.29, 1.82) is 0 Å². The lowest BCUT2D eigenvalue weighted by molar-refractivity contribution is -0.121. The molecule has 0 N–H and O–H groups in total. The molecule has 2 heterocycles. The molecule has 2 bridgehead atoms. The molecule has 2 aliphatic rings. The van der Waals surface area contributed by atoms with E-state index >= 15 is 0 Å². The largest absolute Gasteiger partial charge is 0.363 e. The lowest BCUT2D eigenvalue weighted by Crippen LogP contribution is -2.52. The number of ketones is 1. The standard InChI is InChI=1S/C14H14BrClFNO/c15-12-4-8(17)5-13(16)14(12)18-9-2-1-3-10(18)7-11(19)6-9/h4-5,9-10H,1-3,6-7H2. The molecule has 0 aliphatic carbocycles. The summed E-state index contributed by atoms with van der Waals surface area (Å²) in [7, 11) is 0. The Bertz CT molecular complexity index is 497. The summed E-state index contributed by atoms with van der Waals surface area (Å²) in [6.07, 6.45) is 4.31. The summed E-state index contributed by atoms with van der Waals surface area (Å²) < 4.78 is 14.0. The molecule has 2 unspecified atom stereocenters. The Balaban J connectivity index is 2.04. The Hall–Kier alpha value is -0.610. The third-order valence-electron chi connectivity index (χ3n) is 4.03. The third kappa shape index (κ3) is 2.40. The number of fused-ring (bicyclic) bond motifs is 2. The van der Waals surface area contributed by atoms with Crippen molar-refractivity contribution < 1.29 is 9.18 Å². The molecule has 0 amide bonds. The fourth-order valence-electron chi connectivity index (χ4n) is 3.32. The number of nitrogens with zero attached hydrogens (tertiary/aromatic N) is 1. The zero-order valence-electron chi connectivity index (χ0n) is 10.3. The second kappa shape index (κ2) is 5.06. The molecule has 0 aromatic heterocycles.